The summed E-state index contributed by atoms with van der Waals surface area (Å²) >= 11 is 0. The Balaban J connectivity index is 1.69. The molecule has 1 aliphatic heterocycles. The number of fused-ring (bicyclic) bond motifs is 6. The summed E-state index contributed by atoms with van der Waals surface area (Å²) in [5.74, 6) is 1.20. The van der Waals surface area contributed by atoms with Crippen LogP contribution >= 0.6 is 0 Å². The van der Waals surface area contributed by atoms with Gasteiger partial charge in [-0.05, 0) is 48.6 Å². The molecule has 2 atom stereocenters. The van der Waals surface area contributed by atoms with E-state index in [1.54, 1.807) is 7.11 Å². The van der Waals surface area contributed by atoms with Gasteiger partial charge in [0.15, 0.2) is 0 Å². The molecule has 0 unspecified atom stereocenters. The largest absolute Gasteiger partial charge is 0.497 e. The van der Waals surface area contributed by atoms with Crippen molar-refractivity contribution in [3.05, 3.63) is 65.4 Å². The van der Waals surface area contributed by atoms with Crippen LogP contribution in [0.3, 0.4) is 0 Å². The first-order chi connectivity index (χ1) is 14.2. The van der Waals surface area contributed by atoms with Gasteiger partial charge in [0.1, 0.15) is 5.75 Å². The predicted molar refractivity (Wildman–Crippen MR) is 115 cm³/mol. The summed E-state index contributed by atoms with van der Waals surface area (Å²) < 4.78 is 5.56. The number of piperidine rings is 1. The zero-order valence-electron chi connectivity index (χ0n) is 17.2. The highest BCUT2D eigenvalue weighted by atomic mass is 16.5. The number of methoxy groups -OCH3 is 1. The summed E-state index contributed by atoms with van der Waals surface area (Å²) in [7, 11) is 1.73. The van der Waals surface area contributed by atoms with Crippen molar-refractivity contribution in [1.29, 1.82) is 0 Å². The molecule has 0 spiro atoms. The monoisotopic (exact) mass is 388 g/mol. The maximum absolute atomic E-state index is 12.8. The number of H-pyrrole nitrogens is 1. The third-order valence-corrected chi connectivity index (χ3v) is 6.91. The number of aromatic nitrogens is 1. The molecule has 5 rings (SSSR count). The second-order valence-electron chi connectivity index (χ2n) is 8.49. The Kier molecular flexibility index (Phi) is 4.38. The maximum Gasteiger partial charge on any atom is 0.222 e. The van der Waals surface area contributed by atoms with Gasteiger partial charge in [-0.2, -0.15) is 0 Å². The summed E-state index contributed by atoms with van der Waals surface area (Å²) in [6.07, 6.45) is 4.37. The van der Waals surface area contributed by atoms with Gasteiger partial charge in [-0.1, -0.05) is 37.3 Å². The van der Waals surface area contributed by atoms with Gasteiger partial charge in [0, 0.05) is 47.4 Å². The molecule has 2 aromatic carbocycles. The van der Waals surface area contributed by atoms with Crippen molar-refractivity contribution in [2.45, 2.75) is 50.5 Å². The van der Waals surface area contributed by atoms with E-state index in [0.717, 1.165) is 38.0 Å². The average Bonchev–Trinajstić information content (AvgIpc) is 3.13. The molecule has 3 aromatic rings. The fourth-order valence-electron chi connectivity index (χ4n) is 5.66. The number of nitrogens with one attached hydrogen (secondary N) is 1. The van der Waals surface area contributed by atoms with Gasteiger partial charge in [-0.15, -0.1) is 0 Å². The molecule has 0 saturated carbocycles. The van der Waals surface area contributed by atoms with E-state index < -0.39 is 0 Å². The van der Waals surface area contributed by atoms with Gasteiger partial charge >= 0.3 is 0 Å². The number of carbonyl (C=O) groups excluding carboxylic acids is 1. The third-order valence-electron chi connectivity index (χ3n) is 6.91. The van der Waals surface area contributed by atoms with E-state index in [4.69, 9.17) is 4.74 Å². The summed E-state index contributed by atoms with van der Waals surface area (Å²) in [5, 5.41) is 1.32. The molecular formula is C25H28N2O2. The van der Waals surface area contributed by atoms with Gasteiger partial charge < -0.3 is 14.6 Å². The van der Waals surface area contributed by atoms with Crippen molar-refractivity contribution >= 4 is 16.8 Å². The van der Waals surface area contributed by atoms with E-state index in [9.17, 15) is 4.79 Å². The van der Waals surface area contributed by atoms with E-state index in [1.165, 1.54) is 27.7 Å². The van der Waals surface area contributed by atoms with Crippen molar-refractivity contribution in [3.63, 3.8) is 0 Å². The third kappa shape index (κ3) is 2.77. The van der Waals surface area contributed by atoms with Crippen LogP contribution in [0.4, 0.5) is 0 Å². The van der Waals surface area contributed by atoms with E-state index in [1.807, 2.05) is 6.07 Å². The normalized spacial score (nSPS) is 23.1. The number of likely N-dealkylation sites (tertiary alicyclic amines) is 1. The highest BCUT2D eigenvalue weighted by Gasteiger charge is 2.49. The highest BCUT2D eigenvalue weighted by Crippen LogP contribution is 2.52. The van der Waals surface area contributed by atoms with Crippen LogP contribution in [0.5, 0.6) is 5.75 Å². The van der Waals surface area contributed by atoms with Crippen molar-refractivity contribution in [2.24, 2.45) is 0 Å². The molecule has 2 heterocycles. The van der Waals surface area contributed by atoms with E-state index in [0.29, 0.717) is 12.3 Å². The molecule has 1 aliphatic carbocycles. The topological polar surface area (TPSA) is 45.3 Å². The Bertz CT molecular complexity index is 1070. The Labute approximate surface area is 171 Å². The smallest absolute Gasteiger partial charge is 0.222 e. The summed E-state index contributed by atoms with van der Waals surface area (Å²) in [6, 6.07) is 17.4. The lowest BCUT2D eigenvalue weighted by Crippen LogP contribution is -2.55. The van der Waals surface area contributed by atoms with Crippen LogP contribution < -0.4 is 4.74 Å². The van der Waals surface area contributed by atoms with Gasteiger partial charge in [0.2, 0.25) is 5.91 Å². The van der Waals surface area contributed by atoms with Crippen molar-refractivity contribution in [1.82, 2.24) is 9.88 Å². The minimum atomic E-state index is -0.0879. The summed E-state index contributed by atoms with van der Waals surface area (Å²) in [5.41, 5.74) is 5.13. The van der Waals surface area contributed by atoms with Crippen molar-refractivity contribution in [3.8, 4) is 5.75 Å². The molecule has 1 aromatic heterocycles. The van der Waals surface area contributed by atoms with Crippen LogP contribution in [0.1, 0.15) is 49.4 Å². The molecular weight excluding hydrogens is 360 g/mol. The van der Waals surface area contributed by atoms with E-state index in [2.05, 4.69) is 59.3 Å². The lowest BCUT2D eigenvalue weighted by Gasteiger charge is -2.51. The Morgan fingerprint density at radius 1 is 1.24 bits per heavy atom. The number of ether oxygens (including phenoxy) is 1. The number of para-hydroxylation sites is 1. The molecule has 2 aliphatic rings. The Morgan fingerprint density at radius 3 is 2.93 bits per heavy atom. The SMILES string of the molecule is CCCC(=O)N1CC[C@]2(c3cccc(OC)c3)C[C@H]1Cc1[nH]c3ccccc3c12. The standard InChI is InChI=1S/C25H28N2O2/c1-3-7-23(28)27-13-12-25(17-8-6-9-19(14-17)29-2)16-18(27)15-22-24(25)20-10-4-5-11-21(20)26-22/h4-6,8-11,14,18,26H,3,7,12-13,15-16H2,1-2H3/t18-,25-/m1/s1. The van der Waals surface area contributed by atoms with Gasteiger partial charge in [-0.25, -0.2) is 0 Å². The van der Waals surface area contributed by atoms with E-state index >= 15 is 0 Å². The lowest BCUT2D eigenvalue weighted by atomic mass is 9.61. The van der Waals surface area contributed by atoms with Crippen molar-refractivity contribution < 1.29 is 9.53 Å². The second kappa shape index (κ2) is 6.94. The predicted octanol–water partition coefficient (Wildman–Crippen LogP) is 4.81. The number of benzene rings is 2. The van der Waals surface area contributed by atoms with Crippen LogP contribution in [0, 0.1) is 0 Å². The molecule has 0 radical (unpaired) electrons. The number of hydrogen-bond donors (Lipinski definition) is 1. The maximum atomic E-state index is 12.8. The van der Waals surface area contributed by atoms with Crippen LogP contribution in [0.2, 0.25) is 0 Å². The molecule has 4 nitrogen and oxygen atoms in total. The number of carbonyl (C=O) groups is 1. The number of nitrogens with zero attached hydrogens (tertiary/aromatic N) is 1. The number of hydrogen-bond acceptors (Lipinski definition) is 2. The Morgan fingerprint density at radius 2 is 2.10 bits per heavy atom. The fourth-order valence-corrected chi connectivity index (χ4v) is 5.66. The molecule has 1 saturated heterocycles. The quantitative estimate of drug-likeness (QED) is 0.697. The molecule has 1 fully saturated rings. The van der Waals surface area contributed by atoms with E-state index in [-0.39, 0.29) is 11.5 Å². The number of amides is 1. The molecule has 29 heavy (non-hydrogen) atoms. The second-order valence-corrected chi connectivity index (χ2v) is 8.49. The first kappa shape index (κ1) is 18.3. The summed E-state index contributed by atoms with van der Waals surface area (Å²) in [4.78, 5) is 18.7. The molecule has 1 amide bonds. The first-order valence-electron chi connectivity index (χ1n) is 10.7. The zero-order valence-corrected chi connectivity index (χ0v) is 17.2. The molecule has 4 heteroatoms. The minimum absolute atomic E-state index is 0.0879. The average molecular weight is 389 g/mol. The molecule has 2 bridgehead atoms. The van der Waals surface area contributed by atoms with Crippen LogP contribution in [0.15, 0.2) is 48.5 Å². The van der Waals surface area contributed by atoms with Crippen molar-refractivity contribution in [2.75, 3.05) is 13.7 Å². The van der Waals surface area contributed by atoms with Crippen LogP contribution in [-0.4, -0.2) is 35.5 Å². The van der Waals surface area contributed by atoms with Crippen LogP contribution in [0.25, 0.3) is 10.9 Å². The first-order valence-corrected chi connectivity index (χ1v) is 10.7. The van der Waals surface area contributed by atoms with Gasteiger partial charge in [0.25, 0.3) is 0 Å². The lowest BCUT2D eigenvalue weighted by molar-refractivity contribution is -0.136. The minimum Gasteiger partial charge on any atom is -0.497 e. The fraction of sp³-hybridized carbons (Fsp3) is 0.400. The summed E-state index contributed by atoms with van der Waals surface area (Å²) in [6.45, 7) is 2.90. The van der Waals surface area contributed by atoms with Crippen LogP contribution in [-0.2, 0) is 16.6 Å². The van der Waals surface area contributed by atoms with Gasteiger partial charge in [-0.3, -0.25) is 4.79 Å². The number of rotatable bonds is 4. The highest BCUT2D eigenvalue weighted by molar-refractivity contribution is 5.87. The molecule has 150 valence electrons. The Hall–Kier alpha value is -2.75. The zero-order chi connectivity index (χ0) is 20.0. The van der Waals surface area contributed by atoms with Gasteiger partial charge in [0.05, 0.1) is 7.11 Å². The molecule has 1 N–H and O–H groups in total. The number of aromatic amines is 1.